The van der Waals surface area contributed by atoms with E-state index in [1.165, 1.54) is 11.1 Å². The van der Waals surface area contributed by atoms with Crippen LogP contribution in [0.1, 0.15) is 43.7 Å². The van der Waals surface area contributed by atoms with Gasteiger partial charge in [-0.1, -0.05) is 24.3 Å². The zero-order chi connectivity index (χ0) is 20.6. The van der Waals surface area contributed by atoms with E-state index in [2.05, 4.69) is 46.3 Å². The molecular weight excluding hydrogens is 366 g/mol. The first kappa shape index (κ1) is 21.6. The number of guanidine groups is 1. The number of piperidine rings is 2. The van der Waals surface area contributed by atoms with E-state index in [1.54, 1.807) is 0 Å². The van der Waals surface area contributed by atoms with Crippen LogP contribution in [-0.4, -0.2) is 65.6 Å². The normalized spacial score (nSPS) is 21.9. The van der Waals surface area contributed by atoms with E-state index in [-0.39, 0.29) is 17.9 Å². The van der Waals surface area contributed by atoms with Crippen molar-refractivity contribution in [2.75, 3.05) is 32.7 Å². The third kappa shape index (κ3) is 6.44. The SMILES string of the molecule is CCNC(=NCc1cccc(CN2CCCC(C(N)=O)C2)c1)N1CCC(O)CC1. The zero-order valence-electron chi connectivity index (χ0n) is 17.5. The molecule has 1 aromatic carbocycles. The molecule has 7 nitrogen and oxygen atoms in total. The van der Waals surface area contributed by atoms with E-state index >= 15 is 0 Å². The Hall–Kier alpha value is -2.12. The number of hydrogen-bond donors (Lipinski definition) is 3. The summed E-state index contributed by atoms with van der Waals surface area (Å²) in [5, 5.41) is 13.1. The Kier molecular flexibility index (Phi) is 7.89. The van der Waals surface area contributed by atoms with Crippen LogP contribution in [0.15, 0.2) is 29.3 Å². The summed E-state index contributed by atoms with van der Waals surface area (Å²) in [6.07, 6.45) is 3.33. The van der Waals surface area contributed by atoms with Crippen molar-refractivity contribution in [3.63, 3.8) is 0 Å². The minimum Gasteiger partial charge on any atom is -0.393 e. The molecule has 0 aromatic heterocycles. The lowest BCUT2D eigenvalue weighted by Gasteiger charge is -2.32. The Morgan fingerprint density at radius 1 is 1.24 bits per heavy atom. The van der Waals surface area contributed by atoms with Crippen molar-refractivity contribution in [1.82, 2.24) is 15.1 Å². The number of nitrogens with one attached hydrogen (secondary N) is 1. The molecular formula is C22H35N5O2. The van der Waals surface area contributed by atoms with Crippen molar-refractivity contribution in [2.24, 2.45) is 16.6 Å². The number of aliphatic hydroxyl groups is 1. The second-order valence-corrected chi connectivity index (χ2v) is 8.18. The molecule has 2 heterocycles. The molecule has 0 bridgehead atoms. The van der Waals surface area contributed by atoms with Crippen molar-refractivity contribution in [3.05, 3.63) is 35.4 Å². The van der Waals surface area contributed by atoms with E-state index < -0.39 is 0 Å². The van der Waals surface area contributed by atoms with Crippen molar-refractivity contribution in [1.29, 1.82) is 0 Å². The quantitative estimate of drug-likeness (QED) is 0.494. The lowest BCUT2D eigenvalue weighted by molar-refractivity contribution is -0.123. The van der Waals surface area contributed by atoms with E-state index in [4.69, 9.17) is 10.7 Å². The number of amides is 1. The maximum absolute atomic E-state index is 11.5. The Bertz CT molecular complexity index is 700. The highest BCUT2D eigenvalue weighted by Crippen LogP contribution is 2.19. The lowest BCUT2D eigenvalue weighted by atomic mass is 9.97. The zero-order valence-corrected chi connectivity index (χ0v) is 17.5. The molecule has 2 aliphatic heterocycles. The van der Waals surface area contributed by atoms with Gasteiger partial charge in [0.15, 0.2) is 5.96 Å². The molecule has 1 atom stereocenters. The van der Waals surface area contributed by atoms with Crippen LogP contribution in [0.2, 0.25) is 0 Å². The summed E-state index contributed by atoms with van der Waals surface area (Å²) >= 11 is 0. The molecule has 1 unspecified atom stereocenters. The van der Waals surface area contributed by atoms with E-state index in [0.29, 0.717) is 6.54 Å². The van der Waals surface area contributed by atoms with Gasteiger partial charge in [-0.3, -0.25) is 9.69 Å². The van der Waals surface area contributed by atoms with Gasteiger partial charge >= 0.3 is 0 Å². The summed E-state index contributed by atoms with van der Waals surface area (Å²) in [6.45, 7) is 7.80. The number of carbonyl (C=O) groups excluding carboxylic acids is 1. The van der Waals surface area contributed by atoms with Gasteiger partial charge in [0.05, 0.1) is 18.6 Å². The topological polar surface area (TPSA) is 94.2 Å². The minimum absolute atomic E-state index is 0.0257. The molecule has 0 radical (unpaired) electrons. The molecule has 2 aliphatic rings. The Labute approximate surface area is 174 Å². The van der Waals surface area contributed by atoms with Crippen LogP contribution in [-0.2, 0) is 17.9 Å². The average molecular weight is 402 g/mol. The Morgan fingerprint density at radius 3 is 2.72 bits per heavy atom. The van der Waals surface area contributed by atoms with Crippen LogP contribution in [0.25, 0.3) is 0 Å². The Morgan fingerprint density at radius 2 is 2.00 bits per heavy atom. The predicted octanol–water partition coefficient (Wildman–Crippen LogP) is 1.31. The molecule has 2 saturated heterocycles. The van der Waals surface area contributed by atoms with Gasteiger partial charge in [-0.2, -0.15) is 0 Å². The van der Waals surface area contributed by atoms with Crippen LogP contribution in [0, 0.1) is 5.92 Å². The van der Waals surface area contributed by atoms with E-state index in [9.17, 15) is 9.90 Å². The van der Waals surface area contributed by atoms with Crippen molar-refractivity contribution in [3.8, 4) is 0 Å². The molecule has 3 rings (SSSR count). The van der Waals surface area contributed by atoms with E-state index in [0.717, 1.165) is 70.9 Å². The lowest BCUT2D eigenvalue weighted by Crippen LogP contribution is -2.46. The molecule has 0 aliphatic carbocycles. The van der Waals surface area contributed by atoms with Crippen LogP contribution in [0.4, 0.5) is 0 Å². The second-order valence-electron chi connectivity index (χ2n) is 8.18. The third-order valence-electron chi connectivity index (χ3n) is 5.82. The number of rotatable bonds is 6. The van der Waals surface area contributed by atoms with Gasteiger partial charge in [0.2, 0.25) is 5.91 Å². The van der Waals surface area contributed by atoms with Crippen molar-refractivity contribution < 1.29 is 9.90 Å². The molecule has 4 N–H and O–H groups in total. The average Bonchev–Trinajstić information content (AvgIpc) is 2.72. The van der Waals surface area contributed by atoms with Crippen LogP contribution >= 0.6 is 0 Å². The fourth-order valence-electron chi connectivity index (χ4n) is 4.19. The van der Waals surface area contributed by atoms with Gasteiger partial charge in [0.25, 0.3) is 0 Å². The van der Waals surface area contributed by atoms with Crippen LogP contribution in [0.3, 0.4) is 0 Å². The summed E-state index contributed by atoms with van der Waals surface area (Å²) < 4.78 is 0. The summed E-state index contributed by atoms with van der Waals surface area (Å²) in [6, 6.07) is 8.54. The highest BCUT2D eigenvalue weighted by Gasteiger charge is 2.24. The van der Waals surface area contributed by atoms with Gasteiger partial charge in [0.1, 0.15) is 0 Å². The highest BCUT2D eigenvalue weighted by molar-refractivity contribution is 5.80. The summed E-state index contributed by atoms with van der Waals surface area (Å²) in [4.78, 5) is 20.9. The van der Waals surface area contributed by atoms with Gasteiger partial charge in [-0.05, 0) is 50.3 Å². The molecule has 7 heteroatoms. The number of nitrogens with zero attached hydrogens (tertiary/aromatic N) is 3. The number of aliphatic imine (C=N–C) groups is 1. The molecule has 29 heavy (non-hydrogen) atoms. The first-order chi connectivity index (χ1) is 14.0. The third-order valence-corrected chi connectivity index (χ3v) is 5.82. The van der Waals surface area contributed by atoms with Gasteiger partial charge < -0.3 is 21.1 Å². The number of benzene rings is 1. The fourth-order valence-corrected chi connectivity index (χ4v) is 4.19. The maximum Gasteiger partial charge on any atom is 0.221 e. The number of hydrogen-bond acceptors (Lipinski definition) is 4. The first-order valence-corrected chi connectivity index (χ1v) is 10.9. The maximum atomic E-state index is 11.5. The smallest absolute Gasteiger partial charge is 0.221 e. The first-order valence-electron chi connectivity index (χ1n) is 10.9. The number of aliphatic hydroxyl groups excluding tert-OH is 1. The van der Waals surface area contributed by atoms with Crippen molar-refractivity contribution in [2.45, 2.75) is 51.8 Å². The molecule has 160 valence electrons. The number of nitrogens with two attached hydrogens (primary N) is 1. The molecule has 1 amide bonds. The fraction of sp³-hybridized carbons (Fsp3) is 0.636. The van der Waals surface area contributed by atoms with E-state index in [1.807, 2.05) is 0 Å². The summed E-state index contributed by atoms with van der Waals surface area (Å²) in [5.74, 6) is 0.714. The van der Waals surface area contributed by atoms with Gasteiger partial charge in [-0.15, -0.1) is 0 Å². The molecule has 2 fully saturated rings. The Balaban J connectivity index is 1.60. The largest absolute Gasteiger partial charge is 0.393 e. The number of carbonyl (C=O) groups is 1. The van der Waals surface area contributed by atoms with Gasteiger partial charge in [-0.25, -0.2) is 4.99 Å². The molecule has 1 aromatic rings. The number of primary amides is 1. The monoisotopic (exact) mass is 401 g/mol. The highest BCUT2D eigenvalue weighted by atomic mass is 16.3. The van der Waals surface area contributed by atoms with Crippen molar-refractivity contribution >= 4 is 11.9 Å². The summed E-state index contributed by atoms with van der Waals surface area (Å²) in [7, 11) is 0. The van der Waals surface area contributed by atoms with Crippen LogP contribution in [0.5, 0.6) is 0 Å². The van der Waals surface area contributed by atoms with Gasteiger partial charge in [0, 0.05) is 32.7 Å². The number of likely N-dealkylation sites (tertiary alicyclic amines) is 2. The molecule has 0 spiro atoms. The molecule has 0 saturated carbocycles. The minimum atomic E-state index is -0.185. The standard InChI is InChI=1S/C22H35N5O2/c1-2-24-22(27-11-8-20(28)9-12-27)25-14-17-5-3-6-18(13-17)15-26-10-4-7-19(16-26)21(23)29/h3,5-6,13,19-20,28H,2,4,7-12,14-16H2,1H3,(H2,23,29)(H,24,25). The second kappa shape index (κ2) is 10.6. The van der Waals surface area contributed by atoms with Crippen LogP contribution < -0.4 is 11.1 Å². The predicted molar refractivity (Wildman–Crippen MR) is 115 cm³/mol. The summed E-state index contributed by atoms with van der Waals surface area (Å²) in [5.41, 5.74) is 7.93.